The van der Waals surface area contributed by atoms with E-state index in [0.29, 0.717) is 17.1 Å². The normalized spacial score (nSPS) is 20.4. The predicted molar refractivity (Wildman–Crippen MR) is 99.0 cm³/mol. The van der Waals surface area contributed by atoms with Crippen LogP contribution in [0.5, 0.6) is 0 Å². The molecule has 2 aromatic rings. The first kappa shape index (κ1) is 19.5. The maximum atomic E-state index is 12.9. The van der Waals surface area contributed by atoms with Crippen LogP contribution in [0.3, 0.4) is 0 Å². The van der Waals surface area contributed by atoms with Crippen molar-refractivity contribution in [2.24, 2.45) is 5.92 Å². The molecule has 3 rings (SSSR count). The summed E-state index contributed by atoms with van der Waals surface area (Å²) < 4.78 is 26.9. The maximum Gasteiger partial charge on any atom is 0.257 e. The number of hydrogen-bond donors (Lipinski definition) is 1. The second-order valence-electron chi connectivity index (χ2n) is 6.84. The lowest BCUT2D eigenvalue weighted by molar-refractivity contribution is 0.0764. The van der Waals surface area contributed by atoms with Gasteiger partial charge in [-0.1, -0.05) is 6.07 Å². The van der Waals surface area contributed by atoms with Gasteiger partial charge in [0.2, 0.25) is 10.0 Å². The van der Waals surface area contributed by atoms with Crippen molar-refractivity contribution in [3.8, 4) is 5.82 Å². The summed E-state index contributed by atoms with van der Waals surface area (Å²) in [5.41, 5.74) is 1.04. The van der Waals surface area contributed by atoms with Gasteiger partial charge in [-0.15, -0.1) is 0 Å². The fourth-order valence-electron chi connectivity index (χ4n) is 3.10. The van der Waals surface area contributed by atoms with Crippen LogP contribution < -0.4 is 0 Å². The van der Waals surface area contributed by atoms with E-state index in [1.165, 1.54) is 25.2 Å². The first-order valence-electron chi connectivity index (χ1n) is 8.54. The van der Waals surface area contributed by atoms with Crippen LogP contribution in [0.2, 0.25) is 0 Å². The second kappa shape index (κ2) is 7.37. The second-order valence-corrected chi connectivity index (χ2v) is 9.07. The molecule has 2 aromatic heterocycles. The van der Waals surface area contributed by atoms with Crippen molar-refractivity contribution < 1.29 is 18.3 Å². The Bertz CT molecular complexity index is 926. The molecule has 1 N–H and O–H groups in total. The van der Waals surface area contributed by atoms with Crippen LogP contribution in [-0.2, 0) is 10.0 Å². The number of aliphatic hydroxyl groups is 1. The molecule has 0 radical (unpaired) electrons. The molecular formula is C17H23N5O4S. The molecule has 27 heavy (non-hydrogen) atoms. The number of aromatic nitrogens is 3. The molecule has 1 fully saturated rings. The van der Waals surface area contributed by atoms with E-state index in [9.17, 15) is 18.3 Å². The van der Waals surface area contributed by atoms with Gasteiger partial charge in [0.1, 0.15) is 0 Å². The molecule has 146 valence electrons. The Balaban J connectivity index is 1.77. The summed E-state index contributed by atoms with van der Waals surface area (Å²) in [5.74, 6) is -0.395. The van der Waals surface area contributed by atoms with E-state index in [-0.39, 0.29) is 24.7 Å². The third kappa shape index (κ3) is 3.87. The Morgan fingerprint density at radius 2 is 2.07 bits per heavy atom. The van der Waals surface area contributed by atoms with Gasteiger partial charge < -0.3 is 10.0 Å². The predicted octanol–water partition coefficient (Wildman–Crippen LogP) is -0.1000. The lowest BCUT2D eigenvalue weighted by Gasteiger charge is -2.18. The summed E-state index contributed by atoms with van der Waals surface area (Å²) in [5, 5.41) is 14.5. The van der Waals surface area contributed by atoms with E-state index in [0.717, 1.165) is 4.31 Å². The molecule has 10 heteroatoms. The van der Waals surface area contributed by atoms with E-state index < -0.39 is 22.0 Å². The zero-order valence-electron chi connectivity index (χ0n) is 15.5. The lowest BCUT2D eigenvalue weighted by atomic mass is 10.1. The number of sulfonamides is 1. The van der Waals surface area contributed by atoms with Crippen LogP contribution in [0, 0.1) is 12.8 Å². The Hall–Kier alpha value is -2.30. The third-order valence-corrected chi connectivity index (χ3v) is 6.74. The highest BCUT2D eigenvalue weighted by Gasteiger charge is 2.38. The van der Waals surface area contributed by atoms with Gasteiger partial charge in [0.05, 0.1) is 29.3 Å². The number of amides is 1. The fraction of sp³-hybridized carbons (Fsp3) is 0.471. The van der Waals surface area contributed by atoms with Crippen molar-refractivity contribution in [2.45, 2.75) is 13.0 Å². The summed E-state index contributed by atoms with van der Waals surface area (Å²) >= 11 is 0. The molecule has 0 unspecified atom stereocenters. The zero-order chi connectivity index (χ0) is 19.8. The smallest absolute Gasteiger partial charge is 0.257 e. The minimum absolute atomic E-state index is 0.0979. The van der Waals surface area contributed by atoms with Gasteiger partial charge >= 0.3 is 0 Å². The molecule has 2 atom stereocenters. The highest BCUT2D eigenvalue weighted by Crippen LogP contribution is 2.23. The standard InChI is InChI=1S/C17H23N5O4S/c1-12-14(8-19-22(12)16-6-4-5-7-18-16)17(24)21-9-13(15(23)10-21)11-27(25,26)20(2)3/h4-8,13,15,23H,9-11H2,1-3H3/t13-,15+/m0/s1. The van der Waals surface area contributed by atoms with Crippen molar-refractivity contribution in [3.63, 3.8) is 0 Å². The van der Waals surface area contributed by atoms with Gasteiger partial charge in [-0.2, -0.15) is 5.10 Å². The van der Waals surface area contributed by atoms with Crippen LogP contribution in [0.1, 0.15) is 16.1 Å². The molecule has 0 bridgehead atoms. The molecule has 1 amide bonds. The number of aliphatic hydroxyl groups excluding tert-OH is 1. The SMILES string of the molecule is Cc1c(C(=O)N2C[C@@H](CS(=O)(=O)N(C)C)[C@H](O)C2)cnn1-c1ccccn1. The molecule has 0 spiro atoms. The largest absolute Gasteiger partial charge is 0.391 e. The van der Waals surface area contributed by atoms with Gasteiger partial charge in [0, 0.05) is 39.3 Å². The number of hydrogen-bond acceptors (Lipinski definition) is 6. The lowest BCUT2D eigenvalue weighted by Crippen LogP contribution is -2.33. The highest BCUT2D eigenvalue weighted by atomic mass is 32.2. The molecule has 1 saturated heterocycles. The average molecular weight is 393 g/mol. The van der Waals surface area contributed by atoms with Crippen molar-refractivity contribution in [3.05, 3.63) is 41.9 Å². The first-order chi connectivity index (χ1) is 12.7. The van der Waals surface area contributed by atoms with Gasteiger partial charge in [-0.05, 0) is 19.1 Å². The minimum Gasteiger partial charge on any atom is -0.391 e. The summed E-state index contributed by atoms with van der Waals surface area (Å²) in [6.45, 7) is 2.05. The molecule has 1 aliphatic rings. The van der Waals surface area contributed by atoms with E-state index in [1.54, 1.807) is 29.9 Å². The number of carbonyl (C=O) groups is 1. The zero-order valence-corrected chi connectivity index (χ0v) is 16.3. The maximum absolute atomic E-state index is 12.9. The molecule has 0 aromatic carbocycles. The van der Waals surface area contributed by atoms with Gasteiger partial charge in [0.15, 0.2) is 5.82 Å². The summed E-state index contributed by atoms with van der Waals surface area (Å²) in [4.78, 5) is 18.6. The third-order valence-electron chi connectivity index (χ3n) is 4.78. The average Bonchev–Trinajstić information content (AvgIpc) is 3.18. The Kier molecular flexibility index (Phi) is 5.31. The summed E-state index contributed by atoms with van der Waals surface area (Å²) in [6.07, 6.45) is 2.24. The number of likely N-dealkylation sites (tertiary alicyclic amines) is 1. The molecule has 3 heterocycles. The van der Waals surface area contributed by atoms with E-state index in [1.807, 2.05) is 6.07 Å². The van der Waals surface area contributed by atoms with Crippen molar-refractivity contribution in [1.82, 2.24) is 24.0 Å². The topological polar surface area (TPSA) is 109 Å². The van der Waals surface area contributed by atoms with Crippen molar-refractivity contribution in [2.75, 3.05) is 32.9 Å². The van der Waals surface area contributed by atoms with Crippen LogP contribution in [0.15, 0.2) is 30.6 Å². The summed E-state index contributed by atoms with van der Waals surface area (Å²) in [6, 6.07) is 5.41. The first-order valence-corrected chi connectivity index (χ1v) is 10.1. The van der Waals surface area contributed by atoms with Gasteiger partial charge in [-0.3, -0.25) is 4.79 Å². The van der Waals surface area contributed by atoms with E-state index in [4.69, 9.17) is 0 Å². The quantitative estimate of drug-likeness (QED) is 0.760. The van der Waals surface area contributed by atoms with Crippen LogP contribution >= 0.6 is 0 Å². The number of β-amino-alcohol motifs (C(OH)–C–C–N with tert-alkyl or cyclic N) is 1. The van der Waals surface area contributed by atoms with Gasteiger partial charge in [0.25, 0.3) is 5.91 Å². The monoisotopic (exact) mass is 393 g/mol. The Morgan fingerprint density at radius 1 is 1.33 bits per heavy atom. The summed E-state index contributed by atoms with van der Waals surface area (Å²) in [7, 11) is -0.551. The molecule has 0 aliphatic carbocycles. The molecule has 0 saturated carbocycles. The van der Waals surface area contributed by atoms with E-state index in [2.05, 4.69) is 10.1 Å². The Labute approximate surface area is 158 Å². The highest BCUT2D eigenvalue weighted by molar-refractivity contribution is 7.89. The number of nitrogens with zero attached hydrogens (tertiary/aromatic N) is 5. The van der Waals surface area contributed by atoms with Crippen LogP contribution in [0.4, 0.5) is 0 Å². The van der Waals surface area contributed by atoms with Crippen LogP contribution in [-0.4, -0.2) is 82.4 Å². The molecule has 9 nitrogen and oxygen atoms in total. The Morgan fingerprint density at radius 3 is 2.70 bits per heavy atom. The fourth-order valence-corrected chi connectivity index (χ4v) is 4.27. The molecule has 1 aliphatic heterocycles. The van der Waals surface area contributed by atoms with Crippen molar-refractivity contribution >= 4 is 15.9 Å². The molecular weight excluding hydrogens is 370 g/mol. The number of pyridine rings is 1. The minimum atomic E-state index is -3.46. The van der Waals surface area contributed by atoms with Crippen LogP contribution in [0.25, 0.3) is 5.82 Å². The van der Waals surface area contributed by atoms with Gasteiger partial charge in [-0.25, -0.2) is 22.4 Å². The number of rotatable bonds is 5. The number of carbonyl (C=O) groups excluding carboxylic acids is 1. The van der Waals surface area contributed by atoms with Crippen molar-refractivity contribution in [1.29, 1.82) is 0 Å². The van der Waals surface area contributed by atoms with E-state index >= 15 is 0 Å².